The van der Waals surface area contributed by atoms with Crippen molar-refractivity contribution in [2.75, 3.05) is 0 Å². The third-order valence-electron chi connectivity index (χ3n) is 2.72. The van der Waals surface area contributed by atoms with Gasteiger partial charge in [0.05, 0.1) is 0 Å². The number of alkyl halides is 2. The third kappa shape index (κ3) is 11.6. The van der Waals surface area contributed by atoms with Crippen molar-refractivity contribution in [1.82, 2.24) is 0 Å². The Balaban J connectivity index is 3.58. The van der Waals surface area contributed by atoms with E-state index in [2.05, 4.69) is 13.8 Å². The molecule has 0 atom stereocenters. The first kappa shape index (κ1) is 16.4. The molecule has 0 aromatic carbocycles. The minimum absolute atomic E-state index is 0.132. The van der Waals surface area contributed by atoms with E-state index in [4.69, 9.17) is 23.2 Å². The van der Waals surface area contributed by atoms with Crippen LogP contribution in [0.15, 0.2) is 0 Å². The Morgan fingerprint density at radius 1 is 0.867 bits per heavy atom. The maximum atomic E-state index is 5.76. The zero-order valence-electron chi connectivity index (χ0n) is 10.2. The van der Waals surface area contributed by atoms with E-state index in [1.165, 1.54) is 36.5 Å². The summed E-state index contributed by atoms with van der Waals surface area (Å²) < 4.78 is 4.69. The number of halogens is 2. The molecule has 91 valence electrons. The minimum atomic E-state index is -1.01. The molecule has 0 bridgehead atoms. The molecule has 0 aliphatic heterocycles. The van der Waals surface area contributed by atoms with Gasteiger partial charge in [0, 0.05) is 0 Å². The molecule has 0 saturated carbocycles. The van der Waals surface area contributed by atoms with Gasteiger partial charge in [0.1, 0.15) is 0 Å². The molecule has 0 aromatic rings. The number of rotatable bonds is 10. The predicted molar refractivity (Wildman–Crippen MR) is 74.7 cm³/mol. The van der Waals surface area contributed by atoms with Crippen molar-refractivity contribution >= 4 is 43.0 Å². The van der Waals surface area contributed by atoms with E-state index < -0.39 is 19.8 Å². The van der Waals surface area contributed by atoms with Crippen molar-refractivity contribution in [1.29, 1.82) is 0 Å². The van der Waals surface area contributed by atoms with Gasteiger partial charge in [-0.25, -0.2) is 0 Å². The molecule has 0 saturated heterocycles. The van der Waals surface area contributed by atoms with E-state index in [0.29, 0.717) is 0 Å². The van der Waals surface area contributed by atoms with Crippen LogP contribution in [0.3, 0.4) is 0 Å². The number of hydrogen-bond acceptors (Lipinski definition) is 0. The summed E-state index contributed by atoms with van der Waals surface area (Å²) in [6.07, 6.45) is 7.94. The molecule has 0 N–H and O–H groups in total. The Morgan fingerprint density at radius 3 is 1.73 bits per heavy atom. The van der Waals surface area contributed by atoms with Crippen molar-refractivity contribution in [3.05, 3.63) is 0 Å². The fourth-order valence-electron chi connectivity index (χ4n) is 1.73. The van der Waals surface area contributed by atoms with Gasteiger partial charge < -0.3 is 0 Å². The standard InChI is InChI=1S/C4H7Cl2.2C4H9.Sn/c1-2-3-4(5)6;2*1-3-4-2;/h4H,1-3H2;2*1,3-4H2,2H3;. The van der Waals surface area contributed by atoms with Crippen LogP contribution in [-0.2, 0) is 0 Å². The van der Waals surface area contributed by atoms with Gasteiger partial charge in [0.25, 0.3) is 0 Å². The van der Waals surface area contributed by atoms with Gasteiger partial charge in [-0.1, -0.05) is 0 Å². The van der Waals surface area contributed by atoms with Crippen LogP contribution >= 0.6 is 23.2 Å². The second-order valence-corrected chi connectivity index (χ2v) is 14.1. The molecule has 0 heterocycles. The summed E-state index contributed by atoms with van der Waals surface area (Å²) in [7, 11) is 0. The maximum absolute atomic E-state index is 5.76. The first-order valence-electron chi connectivity index (χ1n) is 6.32. The molecular formula is C12H25Cl2Sn. The molecule has 0 fully saturated rings. The Hall–Kier alpha value is 1.38. The summed E-state index contributed by atoms with van der Waals surface area (Å²) in [6, 6.07) is 0. The Labute approximate surface area is 113 Å². The average molecular weight is 359 g/mol. The van der Waals surface area contributed by atoms with Crippen molar-refractivity contribution in [3.8, 4) is 0 Å². The fourth-order valence-corrected chi connectivity index (χ4v) is 11.1. The molecule has 0 aromatic heterocycles. The SMILES string of the molecule is CCC[CH2][Sn]([CH2]CCC)[CH2]CCC(Cl)Cl. The second kappa shape index (κ2) is 11.9. The van der Waals surface area contributed by atoms with E-state index >= 15 is 0 Å². The van der Waals surface area contributed by atoms with Crippen molar-refractivity contribution in [3.63, 3.8) is 0 Å². The Morgan fingerprint density at radius 2 is 1.33 bits per heavy atom. The summed E-state index contributed by atoms with van der Waals surface area (Å²) in [5, 5.41) is 0. The molecule has 0 unspecified atom stereocenters. The van der Waals surface area contributed by atoms with Gasteiger partial charge in [-0.05, 0) is 0 Å². The zero-order valence-corrected chi connectivity index (χ0v) is 14.6. The third-order valence-corrected chi connectivity index (χ3v) is 12.2. The van der Waals surface area contributed by atoms with Crippen LogP contribution in [0, 0.1) is 0 Å². The molecule has 1 radical (unpaired) electrons. The first-order chi connectivity index (χ1) is 7.20. The quantitative estimate of drug-likeness (QED) is 0.349. The predicted octanol–water partition coefficient (Wildman–Crippen LogP) is 5.67. The average Bonchev–Trinajstić information content (AvgIpc) is 2.20. The Kier molecular flexibility index (Phi) is 12.9. The molecule has 15 heavy (non-hydrogen) atoms. The van der Waals surface area contributed by atoms with E-state index in [1.54, 1.807) is 8.87 Å². The van der Waals surface area contributed by atoms with Crippen molar-refractivity contribution in [2.24, 2.45) is 0 Å². The first-order valence-corrected chi connectivity index (χ1v) is 13.2. The molecule has 0 aliphatic carbocycles. The van der Waals surface area contributed by atoms with E-state index in [9.17, 15) is 0 Å². The van der Waals surface area contributed by atoms with Gasteiger partial charge in [0.2, 0.25) is 0 Å². The number of hydrogen-bond donors (Lipinski definition) is 0. The van der Waals surface area contributed by atoms with Gasteiger partial charge >= 0.3 is 113 Å². The summed E-state index contributed by atoms with van der Waals surface area (Å²) in [6.45, 7) is 4.60. The van der Waals surface area contributed by atoms with Crippen LogP contribution in [0.1, 0.15) is 52.4 Å². The Bertz CT molecular complexity index is 121. The van der Waals surface area contributed by atoms with Crippen LogP contribution in [-0.4, -0.2) is 24.6 Å². The zero-order chi connectivity index (χ0) is 11.5. The van der Waals surface area contributed by atoms with Crippen LogP contribution in [0.5, 0.6) is 0 Å². The topological polar surface area (TPSA) is 0 Å². The molecule has 0 aliphatic rings. The van der Waals surface area contributed by atoms with Gasteiger partial charge in [-0.15, -0.1) is 0 Å². The van der Waals surface area contributed by atoms with Crippen molar-refractivity contribution in [2.45, 2.75) is 70.5 Å². The van der Waals surface area contributed by atoms with Crippen LogP contribution < -0.4 is 0 Å². The van der Waals surface area contributed by atoms with Crippen molar-refractivity contribution < 1.29 is 0 Å². The summed E-state index contributed by atoms with van der Waals surface area (Å²) in [5.41, 5.74) is 0. The summed E-state index contributed by atoms with van der Waals surface area (Å²) >= 11 is 10.5. The molecule has 0 amide bonds. The van der Waals surface area contributed by atoms with Crippen LogP contribution in [0.25, 0.3) is 0 Å². The summed E-state index contributed by atoms with van der Waals surface area (Å²) in [5.74, 6) is 0. The molecule has 0 spiro atoms. The second-order valence-electron chi connectivity index (χ2n) is 4.24. The number of unbranched alkanes of at least 4 members (excludes halogenated alkanes) is 2. The molecule has 0 rings (SSSR count). The van der Waals surface area contributed by atoms with E-state index in [-0.39, 0.29) is 4.84 Å². The van der Waals surface area contributed by atoms with Crippen LogP contribution in [0.2, 0.25) is 13.3 Å². The normalized spacial score (nSPS) is 11.6. The van der Waals surface area contributed by atoms with Gasteiger partial charge in [-0.3, -0.25) is 0 Å². The van der Waals surface area contributed by atoms with E-state index in [1.807, 2.05) is 0 Å². The molecular weight excluding hydrogens is 334 g/mol. The van der Waals surface area contributed by atoms with Gasteiger partial charge in [-0.2, -0.15) is 0 Å². The fraction of sp³-hybridized carbons (Fsp3) is 1.00. The van der Waals surface area contributed by atoms with E-state index in [0.717, 1.165) is 6.42 Å². The molecule has 3 heteroatoms. The van der Waals surface area contributed by atoms with Crippen LogP contribution in [0.4, 0.5) is 0 Å². The molecule has 0 nitrogen and oxygen atoms in total. The summed E-state index contributed by atoms with van der Waals surface area (Å²) in [4.78, 5) is -0.132. The van der Waals surface area contributed by atoms with Gasteiger partial charge in [0.15, 0.2) is 0 Å². The monoisotopic (exact) mass is 359 g/mol.